The van der Waals surface area contributed by atoms with Crippen LogP contribution in [0.25, 0.3) is 28.4 Å². The van der Waals surface area contributed by atoms with Crippen molar-refractivity contribution in [3.63, 3.8) is 0 Å². The minimum Gasteiger partial charge on any atom is -0.507 e. The summed E-state index contributed by atoms with van der Waals surface area (Å²) in [5.41, 5.74) is 3.96. The van der Waals surface area contributed by atoms with Crippen LogP contribution in [0.1, 0.15) is 11.1 Å². The van der Waals surface area contributed by atoms with Crippen molar-refractivity contribution in [1.82, 2.24) is 14.9 Å². The number of para-hydroxylation sites is 1. The second-order valence-electron chi connectivity index (χ2n) is 8.51. The van der Waals surface area contributed by atoms with E-state index in [-0.39, 0.29) is 5.75 Å². The second-order valence-corrected chi connectivity index (χ2v) is 8.51. The first-order valence-corrected chi connectivity index (χ1v) is 11.4. The molecule has 5 nitrogen and oxygen atoms in total. The molecule has 1 N–H and O–H groups in total. The standard InChI is InChI=1S/C28H28N4O/c1-21-13-14-23-25(20-21)29-27(24-11-5-6-12-26(24)33)30-28(23)32-18-16-31(17-19-32)15-7-10-22-8-3-2-4-9-22/h2-14,20,33H,15-19H2,1H3. The highest BCUT2D eigenvalue weighted by Crippen LogP contribution is 2.32. The zero-order valence-corrected chi connectivity index (χ0v) is 18.9. The topological polar surface area (TPSA) is 52.5 Å². The van der Waals surface area contributed by atoms with Crippen LogP contribution in [0.3, 0.4) is 0 Å². The molecule has 0 amide bonds. The van der Waals surface area contributed by atoms with Gasteiger partial charge in [-0.3, -0.25) is 4.90 Å². The number of fused-ring (bicyclic) bond motifs is 1. The second kappa shape index (κ2) is 9.43. The van der Waals surface area contributed by atoms with E-state index >= 15 is 0 Å². The minimum absolute atomic E-state index is 0.200. The van der Waals surface area contributed by atoms with E-state index < -0.39 is 0 Å². The zero-order chi connectivity index (χ0) is 22.6. The predicted molar refractivity (Wildman–Crippen MR) is 136 cm³/mol. The van der Waals surface area contributed by atoms with Crippen LogP contribution in [0.4, 0.5) is 5.82 Å². The molecule has 1 saturated heterocycles. The molecular formula is C28H28N4O. The summed E-state index contributed by atoms with van der Waals surface area (Å²) < 4.78 is 0. The Balaban J connectivity index is 1.37. The Morgan fingerprint density at radius 3 is 2.42 bits per heavy atom. The number of hydrogen-bond acceptors (Lipinski definition) is 5. The van der Waals surface area contributed by atoms with Crippen molar-refractivity contribution in [2.45, 2.75) is 6.92 Å². The number of aromatic hydroxyl groups is 1. The van der Waals surface area contributed by atoms with Crippen molar-refractivity contribution >= 4 is 22.8 Å². The Hall–Kier alpha value is -3.70. The fourth-order valence-electron chi connectivity index (χ4n) is 4.29. The van der Waals surface area contributed by atoms with Crippen LogP contribution in [0.2, 0.25) is 0 Å². The van der Waals surface area contributed by atoms with Crippen molar-refractivity contribution in [3.8, 4) is 17.1 Å². The highest BCUT2D eigenvalue weighted by molar-refractivity contribution is 5.92. The number of nitrogens with zero attached hydrogens (tertiary/aromatic N) is 4. The molecule has 0 unspecified atom stereocenters. The van der Waals surface area contributed by atoms with Gasteiger partial charge >= 0.3 is 0 Å². The van der Waals surface area contributed by atoms with Gasteiger partial charge in [0.05, 0.1) is 11.1 Å². The molecule has 2 heterocycles. The number of anilines is 1. The molecule has 33 heavy (non-hydrogen) atoms. The number of piperazine rings is 1. The Kier molecular flexibility index (Phi) is 6.05. The number of aryl methyl sites for hydroxylation is 1. The van der Waals surface area contributed by atoms with Crippen LogP contribution in [-0.4, -0.2) is 52.7 Å². The summed E-state index contributed by atoms with van der Waals surface area (Å²) in [5, 5.41) is 11.4. The highest BCUT2D eigenvalue weighted by atomic mass is 16.3. The number of benzene rings is 3. The first-order valence-electron chi connectivity index (χ1n) is 11.4. The minimum atomic E-state index is 0.200. The van der Waals surface area contributed by atoms with E-state index in [0.29, 0.717) is 11.4 Å². The molecule has 5 rings (SSSR count). The Morgan fingerprint density at radius 1 is 0.879 bits per heavy atom. The van der Waals surface area contributed by atoms with E-state index in [1.807, 2.05) is 24.3 Å². The van der Waals surface area contributed by atoms with Gasteiger partial charge in [0.15, 0.2) is 5.82 Å². The van der Waals surface area contributed by atoms with Gasteiger partial charge in [0.1, 0.15) is 11.6 Å². The van der Waals surface area contributed by atoms with Crippen LogP contribution >= 0.6 is 0 Å². The lowest BCUT2D eigenvalue weighted by atomic mass is 10.1. The largest absolute Gasteiger partial charge is 0.507 e. The summed E-state index contributed by atoms with van der Waals surface area (Å²) >= 11 is 0. The van der Waals surface area contributed by atoms with Crippen molar-refractivity contribution in [3.05, 3.63) is 90.0 Å². The number of hydrogen-bond donors (Lipinski definition) is 1. The fraction of sp³-hybridized carbons (Fsp3) is 0.214. The summed E-state index contributed by atoms with van der Waals surface area (Å²) in [6.07, 6.45) is 4.43. The molecule has 0 bridgehead atoms. The summed E-state index contributed by atoms with van der Waals surface area (Å²) in [5.74, 6) is 1.71. The van der Waals surface area contributed by atoms with E-state index in [2.05, 4.69) is 71.3 Å². The van der Waals surface area contributed by atoms with E-state index in [1.54, 1.807) is 6.07 Å². The maximum absolute atomic E-state index is 10.4. The van der Waals surface area contributed by atoms with Crippen LogP contribution in [0, 0.1) is 6.92 Å². The molecule has 166 valence electrons. The third-order valence-electron chi connectivity index (χ3n) is 6.12. The lowest BCUT2D eigenvalue weighted by Crippen LogP contribution is -2.46. The van der Waals surface area contributed by atoms with Gasteiger partial charge in [-0.15, -0.1) is 0 Å². The molecule has 5 heteroatoms. The smallest absolute Gasteiger partial charge is 0.165 e. The highest BCUT2D eigenvalue weighted by Gasteiger charge is 2.21. The summed E-state index contributed by atoms with van der Waals surface area (Å²) in [4.78, 5) is 14.5. The fourth-order valence-corrected chi connectivity index (χ4v) is 4.29. The molecular weight excluding hydrogens is 408 g/mol. The van der Waals surface area contributed by atoms with Crippen molar-refractivity contribution in [2.75, 3.05) is 37.6 Å². The first kappa shape index (κ1) is 21.2. The summed E-state index contributed by atoms with van der Waals surface area (Å²) in [6, 6.07) is 24.0. The van der Waals surface area contributed by atoms with Crippen LogP contribution in [0.15, 0.2) is 78.9 Å². The summed E-state index contributed by atoms with van der Waals surface area (Å²) in [6.45, 7) is 6.77. The number of aromatic nitrogens is 2. The molecule has 0 aliphatic carbocycles. The number of phenols is 1. The SMILES string of the molecule is Cc1ccc2c(N3CCN(CC=Cc4ccccc4)CC3)nc(-c3ccccc3O)nc2c1. The molecule has 0 radical (unpaired) electrons. The third-order valence-corrected chi connectivity index (χ3v) is 6.12. The molecule has 1 aromatic heterocycles. The van der Waals surface area contributed by atoms with Gasteiger partial charge < -0.3 is 10.0 Å². The first-order chi connectivity index (χ1) is 16.2. The van der Waals surface area contributed by atoms with Gasteiger partial charge in [-0.25, -0.2) is 9.97 Å². The Labute approximate surface area is 194 Å². The molecule has 0 spiro atoms. The van der Waals surface area contributed by atoms with Crippen molar-refractivity contribution in [1.29, 1.82) is 0 Å². The van der Waals surface area contributed by atoms with Gasteiger partial charge in [0.2, 0.25) is 0 Å². The van der Waals surface area contributed by atoms with E-state index in [4.69, 9.17) is 9.97 Å². The molecule has 1 fully saturated rings. The molecule has 1 aliphatic rings. The lowest BCUT2D eigenvalue weighted by molar-refractivity contribution is 0.284. The van der Waals surface area contributed by atoms with Gasteiger partial charge in [-0.1, -0.05) is 60.7 Å². The molecule has 0 atom stereocenters. The van der Waals surface area contributed by atoms with E-state index in [9.17, 15) is 5.11 Å². The van der Waals surface area contributed by atoms with Crippen LogP contribution in [-0.2, 0) is 0 Å². The maximum atomic E-state index is 10.4. The van der Waals surface area contributed by atoms with Gasteiger partial charge in [-0.2, -0.15) is 0 Å². The average molecular weight is 437 g/mol. The lowest BCUT2D eigenvalue weighted by Gasteiger charge is -2.35. The molecule has 0 saturated carbocycles. The Bertz CT molecular complexity index is 1280. The van der Waals surface area contributed by atoms with Crippen LogP contribution < -0.4 is 4.90 Å². The molecule has 4 aromatic rings. The van der Waals surface area contributed by atoms with Crippen molar-refractivity contribution < 1.29 is 5.11 Å². The van der Waals surface area contributed by atoms with Crippen molar-refractivity contribution in [2.24, 2.45) is 0 Å². The normalized spacial score (nSPS) is 14.9. The quantitative estimate of drug-likeness (QED) is 0.469. The maximum Gasteiger partial charge on any atom is 0.165 e. The van der Waals surface area contributed by atoms with Gasteiger partial charge in [0, 0.05) is 38.1 Å². The summed E-state index contributed by atoms with van der Waals surface area (Å²) in [7, 11) is 0. The van der Waals surface area contributed by atoms with E-state index in [0.717, 1.165) is 55.0 Å². The zero-order valence-electron chi connectivity index (χ0n) is 18.9. The van der Waals surface area contributed by atoms with Gasteiger partial charge in [-0.05, 0) is 42.3 Å². The van der Waals surface area contributed by atoms with E-state index in [1.165, 1.54) is 5.56 Å². The molecule has 3 aromatic carbocycles. The predicted octanol–water partition coefficient (Wildman–Crippen LogP) is 5.15. The molecule has 1 aliphatic heterocycles. The van der Waals surface area contributed by atoms with Crippen LogP contribution in [0.5, 0.6) is 5.75 Å². The number of phenolic OH excluding ortho intramolecular Hbond substituents is 1. The Morgan fingerprint density at radius 2 is 1.64 bits per heavy atom. The average Bonchev–Trinajstić information content (AvgIpc) is 2.84. The monoisotopic (exact) mass is 436 g/mol. The van der Waals surface area contributed by atoms with Gasteiger partial charge in [0.25, 0.3) is 0 Å². The third kappa shape index (κ3) is 4.73. The number of rotatable bonds is 5.